The number of hydrogen-bond donors (Lipinski definition) is 0. The Labute approximate surface area is 153 Å². The van der Waals surface area contributed by atoms with E-state index in [9.17, 15) is 4.79 Å². The summed E-state index contributed by atoms with van der Waals surface area (Å²) in [5, 5.41) is 4.20. The van der Waals surface area contributed by atoms with Crippen LogP contribution < -0.4 is 9.47 Å². The molecule has 4 rings (SSSR count). The molecule has 0 N–H and O–H groups in total. The van der Waals surface area contributed by atoms with Crippen LogP contribution in [-0.4, -0.2) is 40.5 Å². The van der Waals surface area contributed by atoms with E-state index in [4.69, 9.17) is 9.47 Å². The normalized spacial score (nSPS) is 22.1. The number of carbonyl (C=O) groups excluding carboxylic acids is 1. The van der Waals surface area contributed by atoms with Crippen molar-refractivity contribution in [2.45, 2.75) is 32.6 Å². The average Bonchev–Trinajstić information content (AvgIpc) is 3.24. The van der Waals surface area contributed by atoms with E-state index in [-0.39, 0.29) is 11.3 Å². The van der Waals surface area contributed by atoms with Gasteiger partial charge in [-0.05, 0) is 42.0 Å². The Balaban J connectivity index is 1.42. The second-order valence-electron chi connectivity index (χ2n) is 7.69. The number of ether oxygens (including phenoxy) is 2. The van der Waals surface area contributed by atoms with E-state index in [0.717, 1.165) is 49.5 Å². The van der Waals surface area contributed by atoms with Gasteiger partial charge < -0.3 is 14.4 Å². The monoisotopic (exact) mass is 355 g/mol. The molecule has 1 unspecified atom stereocenters. The van der Waals surface area contributed by atoms with Gasteiger partial charge in [0.05, 0.1) is 0 Å². The van der Waals surface area contributed by atoms with Crippen molar-refractivity contribution in [1.82, 2.24) is 14.7 Å². The molecule has 2 aliphatic heterocycles. The smallest absolute Gasteiger partial charge is 0.231 e. The first-order valence-corrected chi connectivity index (χ1v) is 9.16. The van der Waals surface area contributed by atoms with Gasteiger partial charge in [0, 0.05) is 44.9 Å². The highest BCUT2D eigenvalue weighted by Gasteiger charge is 2.35. The average molecular weight is 355 g/mol. The van der Waals surface area contributed by atoms with Crippen molar-refractivity contribution >= 4 is 5.91 Å². The van der Waals surface area contributed by atoms with Crippen LogP contribution in [0.5, 0.6) is 11.5 Å². The lowest BCUT2D eigenvalue weighted by Crippen LogP contribution is -2.47. The quantitative estimate of drug-likeness (QED) is 0.827. The number of hydrogen-bond acceptors (Lipinski definition) is 4. The van der Waals surface area contributed by atoms with Crippen LogP contribution in [0.1, 0.15) is 31.0 Å². The van der Waals surface area contributed by atoms with E-state index in [1.54, 1.807) is 6.20 Å². The predicted octanol–water partition coefficient (Wildman–Crippen LogP) is 2.56. The Hall–Kier alpha value is -2.50. The molecule has 26 heavy (non-hydrogen) atoms. The van der Waals surface area contributed by atoms with Crippen LogP contribution in [-0.2, 0) is 24.7 Å². The number of aromatic nitrogens is 2. The Morgan fingerprint density at radius 3 is 2.88 bits per heavy atom. The molecule has 138 valence electrons. The summed E-state index contributed by atoms with van der Waals surface area (Å²) in [6, 6.07) is 8.18. The fraction of sp³-hybridized carbons (Fsp3) is 0.500. The van der Waals surface area contributed by atoms with Gasteiger partial charge in [0.2, 0.25) is 12.7 Å². The minimum absolute atomic E-state index is 0.0774. The van der Waals surface area contributed by atoms with Crippen molar-refractivity contribution in [3.63, 3.8) is 0 Å². The summed E-state index contributed by atoms with van der Waals surface area (Å²) in [4.78, 5) is 14.4. The van der Waals surface area contributed by atoms with Crippen molar-refractivity contribution in [2.75, 3.05) is 19.9 Å². The highest BCUT2D eigenvalue weighted by molar-refractivity contribution is 5.77. The van der Waals surface area contributed by atoms with Gasteiger partial charge in [-0.1, -0.05) is 13.0 Å². The summed E-state index contributed by atoms with van der Waals surface area (Å²) in [6.45, 7) is 4.11. The third kappa shape index (κ3) is 3.41. The van der Waals surface area contributed by atoms with Crippen molar-refractivity contribution in [3.8, 4) is 11.5 Å². The first-order chi connectivity index (χ1) is 12.5. The third-order valence-corrected chi connectivity index (χ3v) is 5.50. The number of carbonyl (C=O) groups is 1. The first kappa shape index (κ1) is 16.9. The number of benzene rings is 1. The van der Waals surface area contributed by atoms with Gasteiger partial charge in [-0.25, -0.2) is 0 Å². The molecule has 0 spiro atoms. The molecule has 2 aliphatic rings. The number of aryl methyl sites for hydroxylation is 1. The third-order valence-electron chi connectivity index (χ3n) is 5.50. The van der Waals surface area contributed by atoms with Gasteiger partial charge in [0.1, 0.15) is 0 Å². The van der Waals surface area contributed by atoms with Crippen LogP contribution >= 0.6 is 0 Å². The van der Waals surface area contributed by atoms with Gasteiger partial charge in [-0.15, -0.1) is 0 Å². The fourth-order valence-electron chi connectivity index (χ4n) is 3.98. The van der Waals surface area contributed by atoms with Crippen LogP contribution in [0.4, 0.5) is 0 Å². The van der Waals surface area contributed by atoms with Gasteiger partial charge in [0.15, 0.2) is 11.5 Å². The van der Waals surface area contributed by atoms with E-state index in [1.165, 1.54) is 5.56 Å². The molecule has 1 aromatic heterocycles. The summed E-state index contributed by atoms with van der Waals surface area (Å²) in [5.41, 5.74) is 2.46. The topological polar surface area (TPSA) is 56.6 Å². The van der Waals surface area contributed by atoms with E-state index in [2.05, 4.69) is 24.2 Å². The number of amides is 1. The summed E-state index contributed by atoms with van der Waals surface area (Å²) >= 11 is 0. The first-order valence-electron chi connectivity index (χ1n) is 9.16. The Bertz CT molecular complexity index is 816. The maximum absolute atomic E-state index is 12.4. The van der Waals surface area contributed by atoms with Crippen molar-refractivity contribution in [2.24, 2.45) is 12.5 Å². The number of fused-ring (bicyclic) bond motifs is 1. The highest BCUT2D eigenvalue weighted by Crippen LogP contribution is 2.37. The number of piperidine rings is 1. The van der Waals surface area contributed by atoms with E-state index < -0.39 is 0 Å². The van der Waals surface area contributed by atoms with Gasteiger partial charge in [-0.3, -0.25) is 9.48 Å². The van der Waals surface area contributed by atoms with E-state index in [1.807, 2.05) is 28.8 Å². The minimum atomic E-state index is 0.0774. The maximum Gasteiger partial charge on any atom is 0.231 e. The fourth-order valence-corrected chi connectivity index (χ4v) is 3.98. The molecule has 0 bridgehead atoms. The summed E-state index contributed by atoms with van der Waals surface area (Å²) in [7, 11) is 1.94. The highest BCUT2D eigenvalue weighted by atomic mass is 16.7. The second kappa shape index (κ2) is 6.67. The van der Waals surface area contributed by atoms with Crippen LogP contribution in [0.25, 0.3) is 0 Å². The van der Waals surface area contributed by atoms with Gasteiger partial charge in [-0.2, -0.15) is 5.10 Å². The van der Waals surface area contributed by atoms with E-state index >= 15 is 0 Å². The molecule has 3 heterocycles. The predicted molar refractivity (Wildman–Crippen MR) is 97.1 cm³/mol. The van der Waals surface area contributed by atoms with Crippen LogP contribution in [0.2, 0.25) is 0 Å². The minimum Gasteiger partial charge on any atom is -0.454 e. The lowest BCUT2D eigenvalue weighted by Gasteiger charge is -2.40. The zero-order valence-electron chi connectivity index (χ0n) is 15.4. The number of nitrogens with zero attached hydrogens (tertiary/aromatic N) is 3. The molecule has 1 saturated heterocycles. The molecule has 0 radical (unpaired) electrons. The molecular formula is C20H25N3O3. The SMILES string of the molecule is Cn1nccc1CCN1CC(C)(Cc2ccc3c(c2)OCO3)CCC1=O. The summed E-state index contributed by atoms with van der Waals surface area (Å²) in [5.74, 6) is 1.90. The van der Waals surface area contributed by atoms with Crippen LogP contribution in [0.3, 0.4) is 0 Å². The summed E-state index contributed by atoms with van der Waals surface area (Å²) in [6.07, 6.45) is 5.10. The maximum atomic E-state index is 12.4. The Morgan fingerprint density at radius 2 is 2.08 bits per heavy atom. The van der Waals surface area contributed by atoms with Crippen molar-refractivity contribution in [3.05, 3.63) is 41.7 Å². The van der Waals surface area contributed by atoms with Gasteiger partial charge in [0.25, 0.3) is 0 Å². The second-order valence-corrected chi connectivity index (χ2v) is 7.69. The molecule has 0 aliphatic carbocycles. The Kier molecular flexibility index (Phi) is 4.34. The number of rotatable bonds is 5. The molecule has 2 aromatic rings. The Morgan fingerprint density at radius 1 is 1.23 bits per heavy atom. The van der Waals surface area contributed by atoms with Crippen molar-refractivity contribution < 1.29 is 14.3 Å². The lowest BCUT2D eigenvalue weighted by atomic mass is 9.76. The van der Waals surface area contributed by atoms with Crippen molar-refractivity contribution in [1.29, 1.82) is 0 Å². The van der Waals surface area contributed by atoms with E-state index in [0.29, 0.717) is 13.2 Å². The molecule has 0 saturated carbocycles. The molecule has 6 heteroatoms. The van der Waals surface area contributed by atoms with Crippen LogP contribution in [0.15, 0.2) is 30.5 Å². The zero-order valence-corrected chi connectivity index (χ0v) is 15.4. The van der Waals surface area contributed by atoms with Gasteiger partial charge >= 0.3 is 0 Å². The largest absolute Gasteiger partial charge is 0.454 e. The zero-order chi connectivity index (χ0) is 18.1. The molecule has 1 aromatic carbocycles. The standard InChI is InChI=1S/C20H25N3O3/c1-20(12-15-3-4-17-18(11-15)26-14-25-17)8-5-19(24)23(13-20)10-7-16-6-9-21-22(16)2/h3-4,6,9,11H,5,7-8,10,12-14H2,1-2H3. The molecule has 1 fully saturated rings. The molecule has 1 amide bonds. The molecule has 1 atom stereocenters. The number of likely N-dealkylation sites (tertiary alicyclic amines) is 1. The molecule has 6 nitrogen and oxygen atoms in total. The molecular weight excluding hydrogens is 330 g/mol. The van der Waals surface area contributed by atoms with Crippen LogP contribution in [0, 0.1) is 5.41 Å². The summed E-state index contributed by atoms with van der Waals surface area (Å²) < 4.78 is 12.8. The lowest BCUT2D eigenvalue weighted by molar-refractivity contribution is -0.137.